The molecule has 7 heteroatoms. The summed E-state index contributed by atoms with van der Waals surface area (Å²) >= 11 is 0. The Labute approximate surface area is 122 Å². The second-order valence-corrected chi connectivity index (χ2v) is 5.99. The number of carbonyl (C=O) groups is 1. The van der Waals surface area contributed by atoms with E-state index in [1.54, 1.807) is 6.07 Å². The molecule has 0 radical (unpaired) electrons. The van der Waals surface area contributed by atoms with Crippen LogP contribution in [0.25, 0.3) is 0 Å². The highest BCUT2D eigenvalue weighted by atomic mass is 16.6. The van der Waals surface area contributed by atoms with E-state index in [0.29, 0.717) is 29.4 Å². The fraction of sp³-hybridized carbons (Fsp3) is 0.500. The molecular formula is C14H18N4O3. The minimum Gasteiger partial charge on any atom is -0.364 e. The van der Waals surface area contributed by atoms with Crippen molar-refractivity contribution in [1.82, 2.24) is 0 Å². The van der Waals surface area contributed by atoms with E-state index in [-0.39, 0.29) is 29.0 Å². The van der Waals surface area contributed by atoms with Crippen LogP contribution in [0.15, 0.2) is 12.1 Å². The number of nitro benzene ring substituents is 1. The van der Waals surface area contributed by atoms with Gasteiger partial charge in [-0.05, 0) is 24.0 Å². The number of fused-ring (bicyclic) bond motifs is 1. The molecule has 0 aromatic heterocycles. The van der Waals surface area contributed by atoms with E-state index in [9.17, 15) is 14.9 Å². The van der Waals surface area contributed by atoms with E-state index in [1.165, 1.54) is 6.07 Å². The number of nitrogens with zero attached hydrogens (tertiary/aromatic N) is 2. The number of benzene rings is 1. The SMILES string of the molecule is CC1CC(N)CN(c2cc3c(cc2[N+](=O)[O-])CC(=O)N3)C1. The lowest BCUT2D eigenvalue weighted by atomic mass is 9.95. The quantitative estimate of drug-likeness (QED) is 0.630. The van der Waals surface area contributed by atoms with Gasteiger partial charge in [-0.3, -0.25) is 14.9 Å². The summed E-state index contributed by atoms with van der Waals surface area (Å²) in [5, 5.41) is 14.1. The van der Waals surface area contributed by atoms with Crippen LogP contribution in [0.2, 0.25) is 0 Å². The molecular weight excluding hydrogens is 272 g/mol. The van der Waals surface area contributed by atoms with Gasteiger partial charge >= 0.3 is 0 Å². The first-order valence-electron chi connectivity index (χ1n) is 7.05. The number of hydrogen-bond acceptors (Lipinski definition) is 5. The zero-order valence-electron chi connectivity index (χ0n) is 11.8. The summed E-state index contributed by atoms with van der Waals surface area (Å²) in [6.07, 6.45) is 1.12. The van der Waals surface area contributed by atoms with E-state index in [0.717, 1.165) is 13.0 Å². The number of nitro groups is 1. The van der Waals surface area contributed by atoms with Gasteiger partial charge in [-0.25, -0.2) is 0 Å². The predicted octanol–water partition coefficient (Wildman–Crippen LogP) is 1.26. The van der Waals surface area contributed by atoms with Crippen molar-refractivity contribution in [2.45, 2.75) is 25.8 Å². The fourth-order valence-corrected chi connectivity index (χ4v) is 3.25. The number of rotatable bonds is 2. The van der Waals surface area contributed by atoms with Gasteiger partial charge in [0.2, 0.25) is 5.91 Å². The lowest BCUT2D eigenvalue weighted by molar-refractivity contribution is -0.384. The second-order valence-electron chi connectivity index (χ2n) is 5.99. The van der Waals surface area contributed by atoms with E-state index in [2.05, 4.69) is 12.2 Å². The van der Waals surface area contributed by atoms with Gasteiger partial charge in [-0.1, -0.05) is 6.92 Å². The van der Waals surface area contributed by atoms with Crippen molar-refractivity contribution in [3.63, 3.8) is 0 Å². The zero-order chi connectivity index (χ0) is 15.1. The van der Waals surface area contributed by atoms with Gasteiger partial charge in [-0.15, -0.1) is 0 Å². The van der Waals surface area contributed by atoms with Crippen molar-refractivity contribution in [3.8, 4) is 0 Å². The number of nitrogens with one attached hydrogen (secondary N) is 1. The third-order valence-electron chi connectivity index (χ3n) is 4.05. The Bertz CT molecular complexity index is 606. The maximum absolute atomic E-state index is 11.5. The monoisotopic (exact) mass is 290 g/mol. The Morgan fingerprint density at radius 3 is 2.86 bits per heavy atom. The first-order chi connectivity index (χ1) is 9.94. The summed E-state index contributed by atoms with van der Waals surface area (Å²) in [6, 6.07) is 3.23. The van der Waals surface area contributed by atoms with E-state index in [1.807, 2.05) is 4.90 Å². The summed E-state index contributed by atoms with van der Waals surface area (Å²) in [5.74, 6) is 0.261. The molecule has 1 aromatic rings. The Hall–Kier alpha value is -2.15. The zero-order valence-corrected chi connectivity index (χ0v) is 11.8. The summed E-state index contributed by atoms with van der Waals surface area (Å²) in [5.41, 5.74) is 7.98. The van der Waals surface area contributed by atoms with Crippen LogP contribution in [0.3, 0.4) is 0 Å². The molecule has 7 nitrogen and oxygen atoms in total. The molecule has 0 aliphatic carbocycles. The second kappa shape index (κ2) is 5.00. The molecule has 112 valence electrons. The lowest BCUT2D eigenvalue weighted by Gasteiger charge is -2.36. The topological polar surface area (TPSA) is 102 Å². The molecule has 3 N–H and O–H groups in total. The molecule has 21 heavy (non-hydrogen) atoms. The van der Waals surface area contributed by atoms with Crippen molar-refractivity contribution in [3.05, 3.63) is 27.8 Å². The molecule has 2 heterocycles. The van der Waals surface area contributed by atoms with Crippen LogP contribution in [-0.2, 0) is 11.2 Å². The first-order valence-corrected chi connectivity index (χ1v) is 7.05. The normalized spacial score (nSPS) is 24.7. The van der Waals surface area contributed by atoms with Crippen molar-refractivity contribution in [2.24, 2.45) is 11.7 Å². The number of carbonyl (C=O) groups excluding carboxylic acids is 1. The number of anilines is 2. The van der Waals surface area contributed by atoms with E-state index < -0.39 is 0 Å². The number of piperidine rings is 1. The highest BCUT2D eigenvalue weighted by Gasteiger charge is 2.30. The number of nitrogens with two attached hydrogens (primary N) is 1. The van der Waals surface area contributed by atoms with Crippen molar-refractivity contribution in [1.29, 1.82) is 0 Å². The molecule has 0 bridgehead atoms. The molecule has 2 aliphatic heterocycles. The summed E-state index contributed by atoms with van der Waals surface area (Å²) in [7, 11) is 0. The molecule has 2 aliphatic rings. The molecule has 1 fully saturated rings. The van der Waals surface area contributed by atoms with Crippen LogP contribution in [0.4, 0.5) is 17.1 Å². The fourth-order valence-electron chi connectivity index (χ4n) is 3.25. The van der Waals surface area contributed by atoms with Crippen molar-refractivity contribution >= 4 is 23.0 Å². The van der Waals surface area contributed by atoms with Gasteiger partial charge in [0.1, 0.15) is 5.69 Å². The molecule has 2 atom stereocenters. The third-order valence-corrected chi connectivity index (χ3v) is 4.05. The summed E-state index contributed by atoms with van der Waals surface area (Å²) < 4.78 is 0. The predicted molar refractivity (Wildman–Crippen MR) is 79.4 cm³/mol. The smallest absolute Gasteiger partial charge is 0.292 e. The van der Waals surface area contributed by atoms with Crippen LogP contribution in [0.1, 0.15) is 18.9 Å². The van der Waals surface area contributed by atoms with E-state index >= 15 is 0 Å². The van der Waals surface area contributed by atoms with Gasteiger partial charge in [0.15, 0.2) is 0 Å². The minimum atomic E-state index is -0.386. The molecule has 1 aromatic carbocycles. The number of hydrogen-bond donors (Lipinski definition) is 2. The van der Waals surface area contributed by atoms with Gasteiger partial charge in [-0.2, -0.15) is 0 Å². The maximum atomic E-state index is 11.5. The van der Waals surface area contributed by atoms with Crippen molar-refractivity contribution < 1.29 is 9.72 Å². The van der Waals surface area contributed by atoms with Crippen molar-refractivity contribution in [2.75, 3.05) is 23.3 Å². The standard InChI is InChI=1S/C14H18N4O3/c1-8-2-10(15)7-17(6-8)12-5-11-9(4-14(19)16-11)3-13(12)18(20)21/h3,5,8,10H,2,4,6-7,15H2,1H3,(H,16,19). The Morgan fingerprint density at radius 2 is 2.19 bits per heavy atom. The molecule has 1 saturated heterocycles. The Morgan fingerprint density at radius 1 is 1.43 bits per heavy atom. The molecule has 0 saturated carbocycles. The van der Waals surface area contributed by atoms with Crippen LogP contribution < -0.4 is 16.0 Å². The largest absolute Gasteiger partial charge is 0.364 e. The molecule has 3 rings (SSSR count). The van der Waals surface area contributed by atoms with Crippen LogP contribution in [-0.4, -0.2) is 30.0 Å². The molecule has 2 unspecified atom stereocenters. The summed E-state index contributed by atoms with van der Waals surface area (Å²) in [6.45, 7) is 3.42. The Balaban J connectivity index is 2.02. The summed E-state index contributed by atoms with van der Waals surface area (Å²) in [4.78, 5) is 24.4. The first kappa shape index (κ1) is 13.8. The van der Waals surface area contributed by atoms with Gasteiger partial charge in [0.05, 0.1) is 11.3 Å². The average Bonchev–Trinajstić information content (AvgIpc) is 2.75. The van der Waals surface area contributed by atoms with Gasteiger partial charge in [0, 0.05) is 30.9 Å². The van der Waals surface area contributed by atoms with Gasteiger partial charge in [0.25, 0.3) is 5.69 Å². The third kappa shape index (κ3) is 2.56. The average molecular weight is 290 g/mol. The van der Waals surface area contributed by atoms with Crippen LogP contribution in [0.5, 0.6) is 0 Å². The number of amides is 1. The molecule has 1 amide bonds. The van der Waals surface area contributed by atoms with Crippen LogP contribution in [0, 0.1) is 16.0 Å². The highest BCUT2D eigenvalue weighted by Crippen LogP contribution is 2.38. The maximum Gasteiger partial charge on any atom is 0.292 e. The van der Waals surface area contributed by atoms with Gasteiger partial charge < -0.3 is 16.0 Å². The van der Waals surface area contributed by atoms with Crippen LogP contribution >= 0.6 is 0 Å². The highest BCUT2D eigenvalue weighted by molar-refractivity contribution is 6.00. The lowest BCUT2D eigenvalue weighted by Crippen LogP contribution is -2.46. The minimum absolute atomic E-state index is 0.0104. The molecule has 0 spiro atoms. The van der Waals surface area contributed by atoms with E-state index in [4.69, 9.17) is 5.73 Å². The Kier molecular flexibility index (Phi) is 3.29.